The van der Waals surface area contributed by atoms with Crippen molar-refractivity contribution < 1.29 is 19.4 Å². The first kappa shape index (κ1) is 24.1. The Bertz CT molecular complexity index is 1060. The van der Waals surface area contributed by atoms with Gasteiger partial charge in [0.15, 0.2) is 0 Å². The number of hydrogen-bond acceptors (Lipinski definition) is 7. The molecule has 0 spiro atoms. The highest BCUT2D eigenvalue weighted by Gasteiger charge is 2.21. The fraction of sp³-hybridized carbons (Fsp3) is 0.286. The molecule has 0 saturated carbocycles. The van der Waals surface area contributed by atoms with E-state index >= 15 is 0 Å². The third-order valence-electron chi connectivity index (χ3n) is 4.48. The third kappa shape index (κ3) is 6.97. The molecule has 0 aliphatic carbocycles. The molecule has 0 aliphatic rings. The lowest BCUT2D eigenvalue weighted by Gasteiger charge is -2.08. The molecule has 168 valence electrons. The van der Waals surface area contributed by atoms with Gasteiger partial charge in [-0.3, -0.25) is 29.8 Å². The van der Waals surface area contributed by atoms with Crippen LogP contribution in [-0.4, -0.2) is 27.4 Å². The summed E-state index contributed by atoms with van der Waals surface area (Å²) in [5, 5.41) is 28.5. The van der Waals surface area contributed by atoms with Gasteiger partial charge in [0.25, 0.3) is 11.4 Å². The van der Waals surface area contributed by atoms with Gasteiger partial charge in [-0.15, -0.1) is 0 Å². The number of rotatable bonds is 9. The minimum atomic E-state index is -0.790. The van der Waals surface area contributed by atoms with Crippen LogP contribution in [0, 0.1) is 20.2 Å². The van der Waals surface area contributed by atoms with Crippen LogP contribution in [0.3, 0.4) is 0 Å². The number of hydrazone groups is 1. The molecule has 0 aromatic heterocycles. The van der Waals surface area contributed by atoms with Gasteiger partial charge in [0.05, 0.1) is 28.8 Å². The van der Waals surface area contributed by atoms with Crippen molar-refractivity contribution in [2.24, 2.45) is 5.10 Å². The fourth-order valence-electron chi connectivity index (χ4n) is 2.78. The van der Waals surface area contributed by atoms with Crippen LogP contribution in [0.5, 0.6) is 0 Å². The van der Waals surface area contributed by atoms with Gasteiger partial charge >= 0.3 is 0 Å². The van der Waals surface area contributed by atoms with Crippen LogP contribution in [-0.2, 0) is 16.0 Å². The summed E-state index contributed by atoms with van der Waals surface area (Å²) < 4.78 is 0. The Hall–Kier alpha value is -4.15. The van der Waals surface area contributed by atoms with Crippen LogP contribution in [0.1, 0.15) is 44.2 Å². The van der Waals surface area contributed by atoms with Crippen LogP contribution < -0.4 is 10.7 Å². The van der Waals surface area contributed by atoms with Crippen molar-refractivity contribution in [3.05, 3.63) is 73.8 Å². The molecule has 2 N–H and O–H groups in total. The quantitative estimate of drug-likeness (QED) is 0.343. The maximum atomic E-state index is 12.1. The van der Waals surface area contributed by atoms with Crippen LogP contribution >= 0.6 is 0 Å². The Morgan fingerprint density at radius 2 is 1.66 bits per heavy atom. The molecule has 0 fully saturated rings. The van der Waals surface area contributed by atoms with E-state index in [2.05, 4.69) is 29.7 Å². The Labute approximate surface area is 183 Å². The Morgan fingerprint density at radius 1 is 1.00 bits per heavy atom. The SMILES string of the molecule is C/C(CC(=O)Nc1ccc(C(C)C)cc1)=N\NC(=O)Cc1ccc([N+](=O)[O-])cc1[N+](=O)[O-]. The van der Waals surface area contributed by atoms with E-state index < -0.39 is 33.5 Å². The number of non-ortho nitro benzene ring substituents is 1. The molecule has 0 unspecified atom stereocenters. The van der Waals surface area contributed by atoms with Gasteiger partial charge in [0.1, 0.15) is 0 Å². The number of hydrogen-bond donors (Lipinski definition) is 2. The summed E-state index contributed by atoms with van der Waals surface area (Å²) in [6.45, 7) is 5.69. The monoisotopic (exact) mass is 441 g/mol. The Kier molecular flexibility index (Phi) is 8.11. The molecule has 2 aromatic rings. The number of nitro groups is 2. The molecule has 2 rings (SSSR count). The molecule has 0 atom stereocenters. The number of nitrogens with one attached hydrogen (secondary N) is 2. The molecule has 2 amide bonds. The van der Waals surface area contributed by atoms with Crippen LogP contribution in [0.2, 0.25) is 0 Å². The average molecular weight is 441 g/mol. The normalized spacial score (nSPS) is 11.2. The molecule has 32 heavy (non-hydrogen) atoms. The zero-order valence-corrected chi connectivity index (χ0v) is 17.8. The van der Waals surface area contributed by atoms with Gasteiger partial charge < -0.3 is 5.32 Å². The van der Waals surface area contributed by atoms with E-state index in [0.29, 0.717) is 17.3 Å². The number of anilines is 1. The first-order valence-electron chi connectivity index (χ1n) is 9.70. The summed E-state index contributed by atoms with van der Waals surface area (Å²) in [4.78, 5) is 44.6. The van der Waals surface area contributed by atoms with E-state index in [1.54, 1.807) is 19.1 Å². The van der Waals surface area contributed by atoms with E-state index in [4.69, 9.17) is 0 Å². The van der Waals surface area contributed by atoms with E-state index in [0.717, 1.165) is 23.8 Å². The van der Waals surface area contributed by atoms with Crippen molar-refractivity contribution in [3.63, 3.8) is 0 Å². The van der Waals surface area contributed by atoms with Gasteiger partial charge in [-0.05, 0) is 36.6 Å². The highest BCUT2D eigenvalue weighted by molar-refractivity contribution is 6.05. The first-order valence-corrected chi connectivity index (χ1v) is 9.70. The maximum absolute atomic E-state index is 12.1. The molecule has 11 nitrogen and oxygen atoms in total. The summed E-state index contributed by atoms with van der Waals surface area (Å²) >= 11 is 0. The number of amides is 2. The molecular formula is C21H23N5O6. The lowest BCUT2D eigenvalue weighted by atomic mass is 10.0. The van der Waals surface area contributed by atoms with Crippen molar-refractivity contribution >= 4 is 34.6 Å². The number of nitro benzene ring substituents is 2. The van der Waals surface area contributed by atoms with Crippen molar-refractivity contribution in [1.29, 1.82) is 0 Å². The van der Waals surface area contributed by atoms with Gasteiger partial charge in [-0.25, -0.2) is 5.43 Å². The largest absolute Gasteiger partial charge is 0.326 e. The second kappa shape index (κ2) is 10.8. The predicted octanol–water partition coefficient (Wildman–Crippen LogP) is 3.69. The lowest BCUT2D eigenvalue weighted by Crippen LogP contribution is -2.23. The number of nitrogens with zero attached hydrogens (tertiary/aromatic N) is 3. The molecule has 0 heterocycles. The molecule has 2 aromatic carbocycles. The van der Waals surface area contributed by atoms with Gasteiger partial charge in [-0.1, -0.05) is 26.0 Å². The second-order valence-electron chi connectivity index (χ2n) is 7.39. The summed E-state index contributed by atoms with van der Waals surface area (Å²) in [6, 6.07) is 10.5. The zero-order valence-electron chi connectivity index (χ0n) is 17.8. The van der Waals surface area contributed by atoms with E-state index in [1.165, 1.54) is 0 Å². The molecule has 0 saturated heterocycles. The first-order chi connectivity index (χ1) is 15.1. The fourth-order valence-corrected chi connectivity index (χ4v) is 2.78. The lowest BCUT2D eigenvalue weighted by molar-refractivity contribution is -0.394. The van der Waals surface area contributed by atoms with Crippen molar-refractivity contribution in [2.45, 2.75) is 39.5 Å². The predicted molar refractivity (Wildman–Crippen MR) is 118 cm³/mol. The van der Waals surface area contributed by atoms with Gasteiger partial charge in [-0.2, -0.15) is 5.10 Å². The van der Waals surface area contributed by atoms with Crippen molar-refractivity contribution in [3.8, 4) is 0 Å². The number of benzene rings is 2. The minimum absolute atomic E-state index is 0.00791. The zero-order chi connectivity index (χ0) is 23.8. The number of carbonyl (C=O) groups is 2. The van der Waals surface area contributed by atoms with Crippen LogP contribution in [0.15, 0.2) is 47.6 Å². The molecule has 0 bridgehead atoms. The molecule has 0 aliphatic heterocycles. The summed E-state index contributed by atoms with van der Waals surface area (Å²) in [6.07, 6.45) is -0.469. The number of carbonyl (C=O) groups excluding carboxylic acids is 2. The molecule has 0 radical (unpaired) electrons. The standard InChI is InChI=1S/C21H23N5O6/c1-13(2)15-4-7-17(8-5-15)22-20(27)10-14(3)23-24-21(28)11-16-6-9-18(25(29)30)12-19(16)26(31)32/h4-9,12-13H,10-11H2,1-3H3,(H,22,27)(H,24,28)/b23-14+. The summed E-state index contributed by atoms with van der Waals surface area (Å²) in [7, 11) is 0. The third-order valence-corrected chi connectivity index (χ3v) is 4.48. The second-order valence-corrected chi connectivity index (χ2v) is 7.39. The maximum Gasteiger partial charge on any atom is 0.279 e. The summed E-state index contributed by atoms with van der Waals surface area (Å²) in [5.74, 6) is -0.597. The average Bonchev–Trinajstić information content (AvgIpc) is 2.72. The van der Waals surface area contributed by atoms with E-state index in [-0.39, 0.29) is 17.9 Å². The van der Waals surface area contributed by atoms with Crippen LogP contribution in [0.25, 0.3) is 0 Å². The smallest absolute Gasteiger partial charge is 0.279 e. The molecular weight excluding hydrogens is 418 g/mol. The highest BCUT2D eigenvalue weighted by atomic mass is 16.6. The van der Waals surface area contributed by atoms with E-state index in [1.807, 2.05) is 12.1 Å². The summed E-state index contributed by atoms with van der Waals surface area (Å²) in [5.41, 5.74) is 3.39. The van der Waals surface area contributed by atoms with E-state index in [9.17, 15) is 29.8 Å². The topological polar surface area (TPSA) is 157 Å². The molecule has 11 heteroatoms. The highest BCUT2D eigenvalue weighted by Crippen LogP contribution is 2.25. The van der Waals surface area contributed by atoms with Crippen LogP contribution in [0.4, 0.5) is 17.1 Å². The van der Waals surface area contributed by atoms with Gasteiger partial charge in [0, 0.05) is 23.0 Å². The Morgan fingerprint density at radius 3 is 2.22 bits per heavy atom. The van der Waals surface area contributed by atoms with Gasteiger partial charge in [0.2, 0.25) is 11.8 Å². The van der Waals surface area contributed by atoms with Crippen molar-refractivity contribution in [1.82, 2.24) is 5.43 Å². The minimum Gasteiger partial charge on any atom is -0.326 e. The Balaban J connectivity index is 1.93. The van der Waals surface area contributed by atoms with Crippen molar-refractivity contribution in [2.75, 3.05) is 5.32 Å².